The van der Waals surface area contributed by atoms with Crippen molar-refractivity contribution in [1.82, 2.24) is 20.6 Å². The van der Waals surface area contributed by atoms with Gasteiger partial charge in [0.05, 0.1) is 6.21 Å². The Morgan fingerprint density at radius 3 is 2.52 bits per heavy atom. The Morgan fingerprint density at radius 2 is 1.76 bits per heavy atom. The van der Waals surface area contributed by atoms with Gasteiger partial charge in [-0.2, -0.15) is 5.10 Å². The van der Waals surface area contributed by atoms with Gasteiger partial charge in [-0.3, -0.25) is 19.9 Å². The molecule has 2 N–H and O–H groups in total. The first-order valence-corrected chi connectivity index (χ1v) is 7.97. The van der Waals surface area contributed by atoms with Crippen molar-refractivity contribution in [1.29, 1.82) is 0 Å². The minimum atomic E-state index is -0.901. The number of hydrogen-bond acceptors (Lipinski definition) is 7. The average molecular weight is 352 g/mol. The largest absolute Gasteiger partial charge is 0.329 e. The van der Waals surface area contributed by atoms with Gasteiger partial charge in [-0.15, -0.1) is 10.2 Å². The van der Waals surface area contributed by atoms with E-state index in [4.69, 9.17) is 0 Å². The molecule has 0 bridgehead atoms. The Kier molecular flexibility index (Phi) is 5.17. The Bertz CT molecular complexity index is 895. The number of rotatable bonds is 4. The van der Waals surface area contributed by atoms with E-state index in [9.17, 15) is 9.59 Å². The minimum Gasteiger partial charge on any atom is -0.292 e. The highest BCUT2D eigenvalue weighted by atomic mass is 32.1. The quantitative estimate of drug-likeness (QED) is 0.422. The van der Waals surface area contributed by atoms with Gasteiger partial charge in [0.25, 0.3) is 0 Å². The number of nitrogens with one attached hydrogen (secondary N) is 2. The van der Waals surface area contributed by atoms with Crippen molar-refractivity contribution in [2.75, 3.05) is 5.32 Å². The van der Waals surface area contributed by atoms with E-state index >= 15 is 0 Å². The smallest absolute Gasteiger partial charge is 0.292 e. The van der Waals surface area contributed by atoms with E-state index in [-0.39, 0.29) is 5.13 Å². The van der Waals surface area contributed by atoms with E-state index < -0.39 is 11.8 Å². The lowest BCUT2D eigenvalue weighted by atomic mass is 10.2. The lowest BCUT2D eigenvalue weighted by molar-refractivity contribution is -0.136. The summed E-state index contributed by atoms with van der Waals surface area (Å²) in [5, 5.41) is 14.8. The van der Waals surface area contributed by atoms with Gasteiger partial charge in [0, 0.05) is 18.0 Å². The summed E-state index contributed by atoms with van der Waals surface area (Å²) in [4.78, 5) is 27.4. The summed E-state index contributed by atoms with van der Waals surface area (Å²) in [6.07, 6.45) is 4.59. The monoisotopic (exact) mass is 352 g/mol. The summed E-state index contributed by atoms with van der Waals surface area (Å²) in [6, 6.07) is 12.8. The number of hydrazone groups is 1. The summed E-state index contributed by atoms with van der Waals surface area (Å²) in [7, 11) is 0. The van der Waals surface area contributed by atoms with Crippen LogP contribution in [0.1, 0.15) is 5.56 Å². The molecule has 8 nitrogen and oxygen atoms in total. The molecular formula is C16H12N6O2S. The normalized spacial score (nSPS) is 10.6. The zero-order chi connectivity index (χ0) is 17.5. The van der Waals surface area contributed by atoms with Gasteiger partial charge in [-0.25, -0.2) is 5.43 Å². The van der Waals surface area contributed by atoms with Crippen molar-refractivity contribution >= 4 is 34.5 Å². The second kappa shape index (κ2) is 7.88. The van der Waals surface area contributed by atoms with Crippen molar-refractivity contribution in [3.05, 3.63) is 60.4 Å². The van der Waals surface area contributed by atoms with Crippen LogP contribution in [0, 0.1) is 0 Å². The molecule has 3 rings (SSSR count). The second-order valence-corrected chi connectivity index (χ2v) is 5.69. The SMILES string of the molecule is O=C(NN=Cc1ccncc1)C(=O)Nc1nnc(-c2ccccc2)s1. The third kappa shape index (κ3) is 4.52. The van der Waals surface area contributed by atoms with Gasteiger partial charge in [0.15, 0.2) is 0 Å². The van der Waals surface area contributed by atoms with Crippen LogP contribution in [-0.4, -0.2) is 33.2 Å². The first-order chi connectivity index (χ1) is 12.2. The first kappa shape index (κ1) is 16.4. The molecule has 9 heteroatoms. The third-order valence-corrected chi connectivity index (χ3v) is 3.85. The van der Waals surface area contributed by atoms with Crippen molar-refractivity contribution < 1.29 is 9.59 Å². The Hall–Kier alpha value is -3.46. The van der Waals surface area contributed by atoms with Gasteiger partial charge in [0.2, 0.25) is 5.13 Å². The van der Waals surface area contributed by atoms with Crippen molar-refractivity contribution in [3.8, 4) is 10.6 Å². The van der Waals surface area contributed by atoms with Crippen LogP contribution in [0.15, 0.2) is 60.0 Å². The molecular weight excluding hydrogens is 340 g/mol. The number of amides is 2. The molecule has 0 saturated heterocycles. The molecule has 0 radical (unpaired) electrons. The summed E-state index contributed by atoms with van der Waals surface area (Å²) in [5.74, 6) is -1.77. The Morgan fingerprint density at radius 1 is 1.00 bits per heavy atom. The summed E-state index contributed by atoms with van der Waals surface area (Å²) in [5.41, 5.74) is 3.77. The number of benzene rings is 1. The van der Waals surface area contributed by atoms with E-state index in [0.717, 1.165) is 11.1 Å². The summed E-state index contributed by atoms with van der Waals surface area (Å²) in [6.45, 7) is 0. The van der Waals surface area contributed by atoms with E-state index in [0.29, 0.717) is 5.01 Å². The molecule has 0 aliphatic heterocycles. The molecule has 0 unspecified atom stereocenters. The number of nitrogens with zero attached hydrogens (tertiary/aromatic N) is 4. The average Bonchev–Trinajstić information content (AvgIpc) is 3.12. The lowest BCUT2D eigenvalue weighted by Crippen LogP contribution is -2.32. The fourth-order valence-electron chi connectivity index (χ4n) is 1.79. The minimum absolute atomic E-state index is 0.233. The number of anilines is 1. The maximum atomic E-state index is 11.8. The molecule has 0 fully saturated rings. The van der Waals surface area contributed by atoms with Crippen molar-refractivity contribution in [3.63, 3.8) is 0 Å². The highest BCUT2D eigenvalue weighted by molar-refractivity contribution is 7.18. The number of hydrogen-bond donors (Lipinski definition) is 2. The Balaban J connectivity index is 1.56. The van der Waals surface area contributed by atoms with E-state index in [1.807, 2.05) is 30.3 Å². The van der Waals surface area contributed by atoms with Crippen LogP contribution in [0.25, 0.3) is 10.6 Å². The maximum Gasteiger partial charge on any atom is 0.329 e. The van der Waals surface area contributed by atoms with Gasteiger partial charge in [-0.1, -0.05) is 41.7 Å². The number of carbonyl (C=O) groups excluding carboxylic acids is 2. The highest BCUT2D eigenvalue weighted by Crippen LogP contribution is 2.25. The van der Waals surface area contributed by atoms with Crippen LogP contribution in [0.3, 0.4) is 0 Å². The Labute approximate surface area is 146 Å². The molecule has 2 heterocycles. The van der Waals surface area contributed by atoms with Gasteiger partial charge >= 0.3 is 11.8 Å². The zero-order valence-corrected chi connectivity index (χ0v) is 13.6. The second-order valence-electron chi connectivity index (χ2n) is 4.71. The van der Waals surface area contributed by atoms with Gasteiger partial charge in [0.1, 0.15) is 5.01 Å². The lowest BCUT2D eigenvalue weighted by Gasteiger charge is -1.99. The highest BCUT2D eigenvalue weighted by Gasteiger charge is 2.16. The number of pyridine rings is 1. The van der Waals surface area contributed by atoms with Gasteiger partial charge in [-0.05, 0) is 17.7 Å². The molecule has 1 aromatic carbocycles. The van der Waals surface area contributed by atoms with E-state index in [2.05, 4.69) is 31.0 Å². The van der Waals surface area contributed by atoms with Crippen LogP contribution in [0.5, 0.6) is 0 Å². The summed E-state index contributed by atoms with van der Waals surface area (Å²) < 4.78 is 0. The van der Waals surface area contributed by atoms with Gasteiger partial charge < -0.3 is 0 Å². The molecule has 2 aromatic heterocycles. The molecule has 124 valence electrons. The topological polar surface area (TPSA) is 109 Å². The predicted octanol–water partition coefficient (Wildman–Crippen LogP) is 1.69. The molecule has 0 atom stereocenters. The molecule has 2 amide bonds. The van der Waals surface area contributed by atoms with Crippen LogP contribution in [0.2, 0.25) is 0 Å². The predicted molar refractivity (Wildman–Crippen MR) is 93.9 cm³/mol. The maximum absolute atomic E-state index is 11.8. The number of carbonyl (C=O) groups is 2. The fourth-order valence-corrected chi connectivity index (χ4v) is 2.53. The van der Waals surface area contributed by atoms with E-state index in [1.54, 1.807) is 24.5 Å². The van der Waals surface area contributed by atoms with Crippen molar-refractivity contribution in [2.45, 2.75) is 0 Å². The molecule has 0 aliphatic carbocycles. The first-order valence-electron chi connectivity index (χ1n) is 7.16. The number of aromatic nitrogens is 3. The zero-order valence-electron chi connectivity index (χ0n) is 12.8. The molecule has 0 aliphatic rings. The van der Waals surface area contributed by atoms with Crippen LogP contribution in [-0.2, 0) is 9.59 Å². The van der Waals surface area contributed by atoms with Crippen LogP contribution >= 0.6 is 11.3 Å². The molecule has 25 heavy (non-hydrogen) atoms. The molecule has 0 saturated carbocycles. The van der Waals surface area contributed by atoms with E-state index in [1.165, 1.54) is 17.6 Å². The molecule has 3 aromatic rings. The molecule has 0 spiro atoms. The third-order valence-electron chi connectivity index (χ3n) is 2.96. The summed E-state index contributed by atoms with van der Waals surface area (Å²) >= 11 is 1.17. The van der Waals surface area contributed by atoms with Crippen LogP contribution in [0.4, 0.5) is 5.13 Å². The standard InChI is InChI=1S/C16H12N6O2S/c23-13(14(24)20-18-10-11-6-8-17-9-7-11)19-16-22-21-15(25-16)12-4-2-1-3-5-12/h1-10H,(H,20,24)(H,19,22,23). The van der Waals surface area contributed by atoms with Crippen molar-refractivity contribution in [2.24, 2.45) is 5.10 Å². The van der Waals surface area contributed by atoms with Crippen LogP contribution < -0.4 is 10.7 Å². The fraction of sp³-hybridized carbons (Fsp3) is 0.